The van der Waals surface area contributed by atoms with E-state index in [1.807, 2.05) is 26.1 Å². The normalized spacial score (nSPS) is 12.3. The van der Waals surface area contributed by atoms with Gasteiger partial charge in [0.15, 0.2) is 4.34 Å². The van der Waals surface area contributed by atoms with Crippen LogP contribution in [0.3, 0.4) is 0 Å². The van der Waals surface area contributed by atoms with Crippen LogP contribution >= 0.6 is 23.1 Å². The summed E-state index contributed by atoms with van der Waals surface area (Å²) in [5, 5.41) is 16.0. The number of thioether (sulfide) groups is 1. The highest BCUT2D eigenvalue weighted by atomic mass is 32.2. The van der Waals surface area contributed by atoms with Crippen molar-refractivity contribution in [1.29, 1.82) is 0 Å². The lowest BCUT2D eigenvalue weighted by Gasteiger charge is -2.15. The van der Waals surface area contributed by atoms with E-state index < -0.39 is 0 Å². The summed E-state index contributed by atoms with van der Waals surface area (Å²) >= 11 is 3.18. The summed E-state index contributed by atoms with van der Waals surface area (Å²) in [7, 11) is 0. The lowest BCUT2D eigenvalue weighted by Crippen LogP contribution is -2.33. The van der Waals surface area contributed by atoms with Crippen LogP contribution in [0.25, 0.3) is 0 Å². The van der Waals surface area contributed by atoms with E-state index in [1.54, 1.807) is 34.0 Å². The summed E-state index contributed by atoms with van der Waals surface area (Å²) in [6.45, 7) is 4.52. The summed E-state index contributed by atoms with van der Waals surface area (Å²) in [4.78, 5) is 12.1. The van der Waals surface area contributed by atoms with E-state index in [0.717, 1.165) is 21.5 Å². The first kappa shape index (κ1) is 15.0. The predicted octanol–water partition coefficient (Wildman–Crippen LogP) is 1.90. The Morgan fingerprint density at radius 2 is 2.40 bits per heavy atom. The smallest absolute Gasteiger partial charge is 0.244 e. The zero-order valence-corrected chi connectivity index (χ0v) is 13.1. The van der Waals surface area contributed by atoms with Crippen molar-refractivity contribution in [2.45, 2.75) is 30.6 Å². The van der Waals surface area contributed by atoms with E-state index in [4.69, 9.17) is 0 Å². The number of carbonyl (C=O) groups is 1. The van der Waals surface area contributed by atoms with E-state index in [9.17, 15) is 4.79 Å². The Bertz CT molecular complexity index is 540. The second kappa shape index (κ2) is 7.39. The molecule has 0 aliphatic carbocycles. The summed E-state index contributed by atoms with van der Waals surface area (Å²) in [6, 6.07) is 1.59. The molecule has 0 aromatic carbocycles. The minimum atomic E-state index is -0.237. The van der Waals surface area contributed by atoms with Crippen LogP contribution < -0.4 is 5.32 Å². The van der Waals surface area contributed by atoms with Crippen LogP contribution in [-0.4, -0.2) is 38.2 Å². The number of hydrogen-bond acceptors (Lipinski definition) is 6. The first-order valence-electron chi connectivity index (χ1n) is 6.40. The topological polar surface area (TPSA) is 72.7 Å². The van der Waals surface area contributed by atoms with E-state index in [2.05, 4.69) is 20.6 Å². The highest BCUT2D eigenvalue weighted by molar-refractivity contribution is 8.01. The monoisotopic (exact) mass is 311 g/mol. The van der Waals surface area contributed by atoms with Gasteiger partial charge in [-0.25, -0.2) is 0 Å². The fourth-order valence-electron chi connectivity index (χ4n) is 1.72. The summed E-state index contributed by atoms with van der Waals surface area (Å²) < 4.78 is 2.63. The second-order valence-corrected chi connectivity index (χ2v) is 6.66. The lowest BCUT2D eigenvalue weighted by molar-refractivity contribution is -0.124. The van der Waals surface area contributed by atoms with Crippen molar-refractivity contribution in [3.8, 4) is 0 Å². The number of nitrogens with zero attached hydrogens (tertiary/aromatic N) is 4. The molecule has 1 N–H and O–H groups in total. The van der Waals surface area contributed by atoms with E-state index in [0.29, 0.717) is 6.54 Å². The van der Waals surface area contributed by atoms with Gasteiger partial charge in [-0.05, 0) is 19.4 Å². The molecule has 0 spiro atoms. The van der Waals surface area contributed by atoms with Gasteiger partial charge >= 0.3 is 0 Å². The van der Waals surface area contributed by atoms with Crippen molar-refractivity contribution in [1.82, 2.24) is 25.3 Å². The highest BCUT2D eigenvalue weighted by Gasteiger charge is 2.17. The fraction of sp³-hybridized carbons (Fsp3) is 0.500. The van der Waals surface area contributed by atoms with Crippen LogP contribution in [-0.2, 0) is 4.79 Å². The van der Waals surface area contributed by atoms with Gasteiger partial charge < -0.3 is 5.32 Å². The van der Waals surface area contributed by atoms with Gasteiger partial charge in [-0.3, -0.25) is 9.48 Å². The molecule has 0 aliphatic rings. The van der Waals surface area contributed by atoms with Gasteiger partial charge in [0, 0.05) is 24.7 Å². The maximum atomic E-state index is 12.1. The largest absolute Gasteiger partial charge is 0.353 e. The molecule has 2 aromatic rings. The standard InChI is InChI=1S/C12H17N5OS2/c1-3-10(17-7-4-5-14-17)11(18)13-6-8-19-12-16-15-9(2)20-12/h4-5,7,10H,3,6,8H2,1-2H3,(H,13,18)/t10-/m0/s1. The third kappa shape index (κ3) is 4.04. The molecule has 108 valence electrons. The number of amides is 1. The Hall–Kier alpha value is -1.41. The molecule has 2 aromatic heterocycles. The van der Waals surface area contributed by atoms with Crippen LogP contribution in [0.5, 0.6) is 0 Å². The summed E-state index contributed by atoms with van der Waals surface area (Å²) in [5.74, 6) is 0.792. The predicted molar refractivity (Wildman–Crippen MR) is 79.9 cm³/mol. The van der Waals surface area contributed by atoms with Gasteiger partial charge in [-0.1, -0.05) is 30.0 Å². The van der Waals surface area contributed by atoms with Crippen molar-refractivity contribution in [2.75, 3.05) is 12.3 Å². The first-order valence-corrected chi connectivity index (χ1v) is 8.20. The highest BCUT2D eigenvalue weighted by Crippen LogP contribution is 2.21. The van der Waals surface area contributed by atoms with Crippen molar-refractivity contribution in [2.24, 2.45) is 0 Å². The van der Waals surface area contributed by atoms with E-state index in [-0.39, 0.29) is 11.9 Å². The average molecular weight is 311 g/mol. The van der Waals surface area contributed by atoms with Crippen LogP contribution in [0.4, 0.5) is 0 Å². The molecule has 1 atom stereocenters. The molecule has 2 rings (SSSR count). The molecular weight excluding hydrogens is 294 g/mol. The minimum Gasteiger partial charge on any atom is -0.353 e. The Morgan fingerprint density at radius 3 is 3.00 bits per heavy atom. The molecule has 0 fully saturated rings. The minimum absolute atomic E-state index is 0.00486. The maximum absolute atomic E-state index is 12.1. The van der Waals surface area contributed by atoms with E-state index >= 15 is 0 Å². The van der Waals surface area contributed by atoms with Gasteiger partial charge in [0.1, 0.15) is 11.0 Å². The summed E-state index contributed by atoms with van der Waals surface area (Å²) in [5.41, 5.74) is 0. The van der Waals surface area contributed by atoms with Gasteiger partial charge in [-0.2, -0.15) is 5.10 Å². The molecule has 20 heavy (non-hydrogen) atoms. The zero-order valence-electron chi connectivity index (χ0n) is 11.4. The molecule has 0 unspecified atom stereocenters. The SMILES string of the molecule is CC[C@@H](C(=O)NCCSc1nnc(C)s1)n1cccn1. The van der Waals surface area contributed by atoms with Crippen molar-refractivity contribution in [3.63, 3.8) is 0 Å². The number of nitrogens with one attached hydrogen (secondary N) is 1. The van der Waals surface area contributed by atoms with Gasteiger partial charge in [-0.15, -0.1) is 10.2 Å². The van der Waals surface area contributed by atoms with Crippen molar-refractivity contribution in [3.05, 3.63) is 23.5 Å². The molecule has 2 heterocycles. The van der Waals surface area contributed by atoms with Crippen LogP contribution in [0.1, 0.15) is 24.4 Å². The third-order valence-electron chi connectivity index (χ3n) is 2.67. The second-order valence-electron chi connectivity index (χ2n) is 4.14. The molecular formula is C12H17N5OS2. The number of aryl methyl sites for hydroxylation is 1. The van der Waals surface area contributed by atoms with Gasteiger partial charge in [0.25, 0.3) is 0 Å². The average Bonchev–Trinajstić information content (AvgIpc) is 3.08. The zero-order chi connectivity index (χ0) is 14.4. The van der Waals surface area contributed by atoms with E-state index in [1.165, 1.54) is 0 Å². The molecule has 1 amide bonds. The quantitative estimate of drug-likeness (QED) is 0.624. The molecule has 8 heteroatoms. The molecule has 0 bridgehead atoms. The fourth-order valence-corrected chi connectivity index (χ4v) is 3.47. The molecule has 6 nitrogen and oxygen atoms in total. The lowest BCUT2D eigenvalue weighted by atomic mass is 10.2. The van der Waals surface area contributed by atoms with Crippen LogP contribution in [0, 0.1) is 6.92 Å². The Balaban J connectivity index is 1.74. The van der Waals surface area contributed by atoms with Crippen molar-refractivity contribution < 1.29 is 4.79 Å². The Kier molecular flexibility index (Phi) is 5.54. The number of carbonyl (C=O) groups excluding carboxylic acids is 1. The van der Waals surface area contributed by atoms with Crippen LogP contribution in [0.15, 0.2) is 22.8 Å². The Labute approximate surface area is 126 Å². The maximum Gasteiger partial charge on any atom is 0.244 e. The Morgan fingerprint density at radius 1 is 1.55 bits per heavy atom. The number of hydrogen-bond donors (Lipinski definition) is 1. The molecule has 0 saturated carbocycles. The first-order chi connectivity index (χ1) is 9.70. The summed E-state index contributed by atoms with van der Waals surface area (Å²) in [6.07, 6.45) is 4.21. The molecule has 0 aliphatic heterocycles. The van der Waals surface area contributed by atoms with Crippen molar-refractivity contribution >= 4 is 29.0 Å². The van der Waals surface area contributed by atoms with Gasteiger partial charge in [0.2, 0.25) is 5.91 Å². The number of rotatable bonds is 7. The molecule has 0 saturated heterocycles. The van der Waals surface area contributed by atoms with Crippen LogP contribution in [0.2, 0.25) is 0 Å². The number of aromatic nitrogens is 4. The third-order valence-corrected chi connectivity index (χ3v) is 4.64. The van der Waals surface area contributed by atoms with Gasteiger partial charge in [0.05, 0.1) is 0 Å². The molecule has 0 radical (unpaired) electrons.